The lowest BCUT2D eigenvalue weighted by Gasteiger charge is -2.01. The maximum atomic E-state index is 4.57. The van der Waals surface area contributed by atoms with Gasteiger partial charge >= 0.3 is 0 Å². The van der Waals surface area contributed by atoms with E-state index in [1.54, 1.807) is 4.52 Å². The summed E-state index contributed by atoms with van der Waals surface area (Å²) in [6, 6.07) is 0. The molecule has 1 fully saturated rings. The van der Waals surface area contributed by atoms with Gasteiger partial charge in [0.1, 0.15) is 16.3 Å². The van der Waals surface area contributed by atoms with Crippen LogP contribution in [0, 0.1) is 19.8 Å². The highest BCUT2D eigenvalue weighted by Crippen LogP contribution is 2.31. The van der Waals surface area contributed by atoms with Crippen LogP contribution in [-0.2, 0) is 6.54 Å². The summed E-state index contributed by atoms with van der Waals surface area (Å²) in [5, 5.41) is 4.51. The van der Waals surface area contributed by atoms with E-state index in [0.717, 1.165) is 39.9 Å². The summed E-state index contributed by atoms with van der Waals surface area (Å²) in [6.07, 6.45) is 10.4. The third-order valence-electron chi connectivity index (χ3n) is 4.04. The van der Waals surface area contributed by atoms with Crippen molar-refractivity contribution in [2.75, 3.05) is 0 Å². The standard InChI is InChI=1S/C16H17BrN6/c1-10-7-18-11(2)23-16(10)20-14(21-23)5-6-15-19-13(17)9-22(15)8-12-3-4-12/h5-7,9,12H,3-4,8H2,1-2H3. The predicted molar refractivity (Wildman–Crippen MR) is 91.8 cm³/mol. The second-order valence-electron chi connectivity index (χ2n) is 6.04. The predicted octanol–water partition coefficient (Wildman–Crippen LogP) is 3.28. The molecule has 3 heterocycles. The molecule has 0 aliphatic heterocycles. The van der Waals surface area contributed by atoms with Crippen molar-refractivity contribution in [3.8, 4) is 0 Å². The minimum absolute atomic E-state index is 0.668. The molecule has 23 heavy (non-hydrogen) atoms. The smallest absolute Gasteiger partial charge is 0.175 e. The summed E-state index contributed by atoms with van der Waals surface area (Å²) in [5.74, 6) is 3.22. The van der Waals surface area contributed by atoms with E-state index < -0.39 is 0 Å². The number of imidazole rings is 1. The van der Waals surface area contributed by atoms with Crippen molar-refractivity contribution in [1.82, 2.24) is 29.1 Å². The number of hydrogen-bond donors (Lipinski definition) is 0. The van der Waals surface area contributed by atoms with Gasteiger partial charge in [0, 0.05) is 24.5 Å². The molecule has 1 saturated carbocycles. The summed E-state index contributed by atoms with van der Waals surface area (Å²) in [5.41, 5.74) is 1.86. The lowest BCUT2D eigenvalue weighted by Crippen LogP contribution is -2.00. The summed E-state index contributed by atoms with van der Waals surface area (Å²) in [4.78, 5) is 13.4. The average Bonchev–Trinajstić information content (AvgIpc) is 3.10. The fourth-order valence-corrected chi connectivity index (χ4v) is 3.02. The van der Waals surface area contributed by atoms with Crippen molar-refractivity contribution >= 4 is 33.7 Å². The number of halogens is 1. The van der Waals surface area contributed by atoms with Crippen molar-refractivity contribution in [1.29, 1.82) is 0 Å². The van der Waals surface area contributed by atoms with E-state index in [-0.39, 0.29) is 0 Å². The van der Waals surface area contributed by atoms with E-state index in [4.69, 9.17) is 0 Å². The normalized spacial score (nSPS) is 15.1. The summed E-state index contributed by atoms with van der Waals surface area (Å²) in [7, 11) is 0. The van der Waals surface area contributed by atoms with Crippen LogP contribution in [0.25, 0.3) is 17.8 Å². The van der Waals surface area contributed by atoms with E-state index in [0.29, 0.717) is 5.82 Å². The molecule has 0 radical (unpaired) electrons. The third kappa shape index (κ3) is 2.93. The number of rotatable bonds is 4. The van der Waals surface area contributed by atoms with Crippen molar-refractivity contribution < 1.29 is 0 Å². The van der Waals surface area contributed by atoms with Gasteiger partial charge in [0.2, 0.25) is 0 Å². The lowest BCUT2D eigenvalue weighted by molar-refractivity contribution is 0.622. The van der Waals surface area contributed by atoms with E-state index in [1.807, 2.05) is 38.4 Å². The highest BCUT2D eigenvalue weighted by Gasteiger charge is 2.22. The molecule has 0 unspecified atom stereocenters. The van der Waals surface area contributed by atoms with Crippen LogP contribution in [0.4, 0.5) is 0 Å². The molecule has 0 amide bonds. The Morgan fingerprint density at radius 2 is 2.09 bits per heavy atom. The molecular weight excluding hydrogens is 356 g/mol. The second kappa shape index (κ2) is 5.56. The van der Waals surface area contributed by atoms with Gasteiger partial charge in [-0.15, -0.1) is 5.10 Å². The number of hydrogen-bond acceptors (Lipinski definition) is 4. The van der Waals surface area contributed by atoms with Crippen LogP contribution in [0.2, 0.25) is 0 Å². The van der Waals surface area contributed by atoms with E-state index in [2.05, 4.69) is 40.5 Å². The van der Waals surface area contributed by atoms with Crippen molar-refractivity contribution in [3.63, 3.8) is 0 Å². The summed E-state index contributed by atoms with van der Waals surface area (Å²) in [6.45, 7) is 4.94. The van der Waals surface area contributed by atoms with Gasteiger partial charge in [-0.05, 0) is 60.7 Å². The first-order valence-electron chi connectivity index (χ1n) is 7.70. The number of fused-ring (bicyclic) bond motifs is 1. The molecule has 0 aromatic carbocycles. The molecule has 0 N–H and O–H groups in total. The molecule has 4 rings (SSSR count). The number of aryl methyl sites for hydroxylation is 2. The quantitative estimate of drug-likeness (QED) is 0.704. The monoisotopic (exact) mass is 372 g/mol. The van der Waals surface area contributed by atoms with Crippen LogP contribution in [0.5, 0.6) is 0 Å². The van der Waals surface area contributed by atoms with Gasteiger partial charge in [0.25, 0.3) is 0 Å². The zero-order valence-corrected chi connectivity index (χ0v) is 14.7. The molecule has 1 aliphatic rings. The first-order chi connectivity index (χ1) is 11.1. The largest absolute Gasteiger partial charge is 0.330 e. The average molecular weight is 373 g/mol. The molecule has 7 heteroatoms. The van der Waals surface area contributed by atoms with Gasteiger partial charge in [0.15, 0.2) is 11.5 Å². The Balaban J connectivity index is 1.66. The van der Waals surface area contributed by atoms with E-state index >= 15 is 0 Å². The Bertz CT molecular complexity index is 864. The maximum Gasteiger partial charge on any atom is 0.175 e. The zero-order chi connectivity index (χ0) is 16.0. The molecule has 0 bridgehead atoms. The topological polar surface area (TPSA) is 60.9 Å². The first kappa shape index (κ1) is 14.6. The van der Waals surface area contributed by atoms with Gasteiger partial charge in [0.05, 0.1) is 0 Å². The maximum absolute atomic E-state index is 4.57. The molecule has 0 spiro atoms. The van der Waals surface area contributed by atoms with Gasteiger partial charge < -0.3 is 4.57 Å². The summed E-state index contributed by atoms with van der Waals surface area (Å²) < 4.78 is 4.82. The number of aromatic nitrogens is 6. The minimum atomic E-state index is 0.668. The van der Waals surface area contributed by atoms with E-state index in [1.165, 1.54) is 12.8 Å². The van der Waals surface area contributed by atoms with Gasteiger partial charge in [-0.2, -0.15) is 4.52 Å². The number of nitrogens with zero attached hydrogens (tertiary/aromatic N) is 6. The van der Waals surface area contributed by atoms with Crippen molar-refractivity contribution in [2.24, 2.45) is 5.92 Å². The molecule has 3 aromatic heterocycles. The van der Waals surface area contributed by atoms with Crippen LogP contribution >= 0.6 is 15.9 Å². The third-order valence-corrected chi connectivity index (χ3v) is 4.42. The lowest BCUT2D eigenvalue weighted by atomic mass is 10.3. The molecule has 3 aromatic rings. The van der Waals surface area contributed by atoms with Crippen LogP contribution in [0.15, 0.2) is 17.0 Å². The van der Waals surface area contributed by atoms with Gasteiger partial charge in [-0.1, -0.05) is 0 Å². The zero-order valence-electron chi connectivity index (χ0n) is 13.1. The highest BCUT2D eigenvalue weighted by molar-refractivity contribution is 9.10. The fraction of sp³-hybridized carbons (Fsp3) is 0.375. The van der Waals surface area contributed by atoms with Crippen LogP contribution in [0.1, 0.15) is 35.9 Å². The molecule has 6 nitrogen and oxygen atoms in total. The molecule has 0 atom stereocenters. The summed E-state index contributed by atoms with van der Waals surface area (Å²) >= 11 is 3.46. The Hall–Kier alpha value is -2.02. The molecular formula is C16H17BrN6. The Morgan fingerprint density at radius 3 is 2.83 bits per heavy atom. The van der Waals surface area contributed by atoms with Gasteiger partial charge in [-0.25, -0.2) is 15.0 Å². The Morgan fingerprint density at radius 1 is 1.26 bits per heavy atom. The highest BCUT2D eigenvalue weighted by atomic mass is 79.9. The first-order valence-corrected chi connectivity index (χ1v) is 8.49. The molecule has 118 valence electrons. The Labute approximate surface area is 142 Å². The fourth-order valence-electron chi connectivity index (χ4n) is 2.59. The van der Waals surface area contributed by atoms with E-state index in [9.17, 15) is 0 Å². The molecule has 0 saturated heterocycles. The second-order valence-corrected chi connectivity index (χ2v) is 6.86. The van der Waals surface area contributed by atoms with Crippen LogP contribution in [-0.4, -0.2) is 29.1 Å². The van der Waals surface area contributed by atoms with Crippen molar-refractivity contribution in [3.05, 3.63) is 40.0 Å². The Kier molecular flexibility index (Phi) is 3.52. The van der Waals surface area contributed by atoms with Gasteiger partial charge in [-0.3, -0.25) is 0 Å². The van der Waals surface area contributed by atoms with Crippen molar-refractivity contribution in [2.45, 2.75) is 33.2 Å². The van der Waals surface area contributed by atoms with Crippen LogP contribution in [0.3, 0.4) is 0 Å². The molecule has 1 aliphatic carbocycles. The minimum Gasteiger partial charge on any atom is -0.330 e. The SMILES string of the molecule is Cc1cnc(C)n2nc(C=Cc3nc(Br)cn3CC3CC3)nc12. The van der Waals surface area contributed by atoms with Crippen LogP contribution < -0.4 is 0 Å².